The molecule has 0 bridgehead atoms. The van der Waals surface area contributed by atoms with Gasteiger partial charge in [-0.15, -0.1) is 0 Å². The molecule has 2 rings (SSSR count). The molecule has 0 aliphatic carbocycles. The summed E-state index contributed by atoms with van der Waals surface area (Å²) in [5, 5.41) is 13.2. The first-order valence-corrected chi connectivity index (χ1v) is 4.79. The SMILES string of the molecule is OC1(CC2CCOC2)CCNC1. The lowest BCUT2D eigenvalue weighted by atomic mass is 9.89. The summed E-state index contributed by atoms with van der Waals surface area (Å²) < 4.78 is 5.28. The van der Waals surface area contributed by atoms with E-state index in [-0.39, 0.29) is 0 Å². The largest absolute Gasteiger partial charge is 0.389 e. The van der Waals surface area contributed by atoms with Crippen LogP contribution >= 0.6 is 0 Å². The van der Waals surface area contributed by atoms with Gasteiger partial charge in [-0.3, -0.25) is 0 Å². The van der Waals surface area contributed by atoms with Gasteiger partial charge in [0.2, 0.25) is 0 Å². The summed E-state index contributed by atoms with van der Waals surface area (Å²) >= 11 is 0. The van der Waals surface area contributed by atoms with Crippen molar-refractivity contribution in [3.63, 3.8) is 0 Å². The molecule has 0 saturated carbocycles. The van der Waals surface area contributed by atoms with Gasteiger partial charge in [0, 0.05) is 19.8 Å². The number of hydrogen-bond donors (Lipinski definition) is 2. The molecule has 3 heteroatoms. The van der Waals surface area contributed by atoms with E-state index in [2.05, 4.69) is 5.32 Å². The van der Waals surface area contributed by atoms with Crippen LogP contribution in [0.3, 0.4) is 0 Å². The van der Waals surface area contributed by atoms with Crippen LogP contribution in [0, 0.1) is 5.92 Å². The summed E-state index contributed by atoms with van der Waals surface area (Å²) in [6, 6.07) is 0. The molecule has 2 atom stereocenters. The summed E-state index contributed by atoms with van der Waals surface area (Å²) in [5.74, 6) is 0.592. The molecule has 2 aliphatic rings. The van der Waals surface area contributed by atoms with Crippen LogP contribution in [-0.2, 0) is 4.74 Å². The Kier molecular flexibility index (Phi) is 2.35. The van der Waals surface area contributed by atoms with Crippen molar-refractivity contribution in [1.82, 2.24) is 5.32 Å². The van der Waals surface area contributed by atoms with Gasteiger partial charge in [0.1, 0.15) is 0 Å². The number of aliphatic hydroxyl groups is 1. The molecule has 0 aromatic rings. The van der Waals surface area contributed by atoms with E-state index in [0.717, 1.165) is 45.6 Å². The molecule has 2 fully saturated rings. The molecule has 70 valence electrons. The normalized spacial score (nSPS) is 42.2. The van der Waals surface area contributed by atoms with Crippen molar-refractivity contribution in [2.75, 3.05) is 26.3 Å². The van der Waals surface area contributed by atoms with Crippen molar-refractivity contribution in [3.8, 4) is 0 Å². The summed E-state index contributed by atoms with van der Waals surface area (Å²) in [7, 11) is 0. The highest BCUT2D eigenvalue weighted by molar-refractivity contribution is 4.90. The van der Waals surface area contributed by atoms with Gasteiger partial charge in [0.05, 0.1) is 5.60 Å². The second-order valence-electron chi connectivity index (χ2n) is 4.08. The highest BCUT2D eigenvalue weighted by atomic mass is 16.5. The van der Waals surface area contributed by atoms with Crippen LogP contribution in [0.4, 0.5) is 0 Å². The molecular formula is C9H17NO2. The Morgan fingerprint density at radius 2 is 2.50 bits per heavy atom. The maximum atomic E-state index is 10.0. The van der Waals surface area contributed by atoms with Gasteiger partial charge in [-0.25, -0.2) is 0 Å². The third-order valence-corrected chi connectivity index (χ3v) is 2.91. The predicted molar refractivity (Wildman–Crippen MR) is 46.0 cm³/mol. The second-order valence-corrected chi connectivity index (χ2v) is 4.08. The molecule has 2 saturated heterocycles. The Labute approximate surface area is 73.1 Å². The van der Waals surface area contributed by atoms with Gasteiger partial charge < -0.3 is 15.2 Å². The standard InChI is InChI=1S/C9H17NO2/c11-9(2-3-10-7-9)5-8-1-4-12-6-8/h8,10-11H,1-7H2. The molecule has 0 aromatic carbocycles. The molecule has 12 heavy (non-hydrogen) atoms. The summed E-state index contributed by atoms with van der Waals surface area (Å²) in [6.07, 6.45) is 2.95. The first-order chi connectivity index (χ1) is 5.79. The van der Waals surface area contributed by atoms with Crippen LogP contribution in [-0.4, -0.2) is 37.0 Å². The monoisotopic (exact) mass is 171 g/mol. The first kappa shape index (κ1) is 8.48. The number of β-amino-alcohol motifs (C(OH)–C–C–N with tert-alkyl or cyclic N) is 1. The van der Waals surface area contributed by atoms with Crippen LogP contribution in [0.2, 0.25) is 0 Å². The van der Waals surface area contributed by atoms with E-state index in [1.807, 2.05) is 0 Å². The lowest BCUT2D eigenvalue weighted by Gasteiger charge is -2.23. The Balaban J connectivity index is 1.83. The average Bonchev–Trinajstić information content (AvgIpc) is 2.62. The number of rotatable bonds is 2. The summed E-state index contributed by atoms with van der Waals surface area (Å²) in [4.78, 5) is 0. The van der Waals surface area contributed by atoms with Crippen molar-refractivity contribution in [1.29, 1.82) is 0 Å². The topological polar surface area (TPSA) is 41.5 Å². The van der Waals surface area contributed by atoms with Crippen molar-refractivity contribution in [3.05, 3.63) is 0 Å². The Morgan fingerprint density at radius 1 is 1.58 bits per heavy atom. The van der Waals surface area contributed by atoms with Crippen LogP contribution < -0.4 is 5.32 Å². The Hall–Kier alpha value is -0.120. The van der Waals surface area contributed by atoms with E-state index in [0.29, 0.717) is 5.92 Å². The van der Waals surface area contributed by atoms with Crippen molar-refractivity contribution >= 4 is 0 Å². The van der Waals surface area contributed by atoms with Crippen LogP contribution in [0.25, 0.3) is 0 Å². The van der Waals surface area contributed by atoms with E-state index in [1.54, 1.807) is 0 Å². The Bertz CT molecular complexity index is 149. The van der Waals surface area contributed by atoms with E-state index in [9.17, 15) is 5.11 Å². The van der Waals surface area contributed by atoms with Crippen LogP contribution in [0.15, 0.2) is 0 Å². The molecule has 3 nitrogen and oxygen atoms in total. The number of hydrogen-bond acceptors (Lipinski definition) is 3. The molecule has 0 radical (unpaired) electrons. The fraction of sp³-hybridized carbons (Fsp3) is 1.00. The van der Waals surface area contributed by atoms with Gasteiger partial charge >= 0.3 is 0 Å². The highest BCUT2D eigenvalue weighted by Gasteiger charge is 2.34. The summed E-state index contributed by atoms with van der Waals surface area (Å²) in [6.45, 7) is 3.46. The molecule has 2 heterocycles. The van der Waals surface area contributed by atoms with Crippen LogP contribution in [0.1, 0.15) is 19.3 Å². The molecular weight excluding hydrogens is 154 g/mol. The summed E-state index contributed by atoms with van der Waals surface area (Å²) in [5.41, 5.74) is -0.432. The zero-order chi connectivity index (χ0) is 8.44. The molecule has 0 amide bonds. The highest BCUT2D eigenvalue weighted by Crippen LogP contribution is 2.27. The average molecular weight is 171 g/mol. The molecule has 2 N–H and O–H groups in total. The third kappa shape index (κ3) is 1.79. The predicted octanol–water partition coefficient (Wildman–Crippen LogP) is 0.137. The maximum absolute atomic E-state index is 10.0. The number of ether oxygens (including phenoxy) is 1. The molecule has 0 spiro atoms. The van der Waals surface area contributed by atoms with Gasteiger partial charge in [0.25, 0.3) is 0 Å². The van der Waals surface area contributed by atoms with Crippen LogP contribution in [0.5, 0.6) is 0 Å². The van der Waals surface area contributed by atoms with Crippen molar-refractivity contribution < 1.29 is 9.84 Å². The minimum Gasteiger partial charge on any atom is -0.389 e. The van der Waals surface area contributed by atoms with Crippen molar-refractivity contribution in [2.24, 2.45) is 5.92 Å². The Morgan fingerprint density at radius 3 is 3.08 bits per heavy atom. The lowest BCUT2D eigenvalue weighted by molar-refractivity contribution is 0.0327. The van der Waals surface area contributed by atoms with E-state index >= 15 is 0 Å². The van der Waals surface area contributed by atoms with Crippen molar-refractivity contribution in [2.45, 2.75) is 24.9 Å². The number of nitrogens with one attached hydrogen (secondary N) is 1. The minimum atomic E-state index is -0.432. The van der Waals surface area contributed by atoms with E-state index < -0.39 is 5.60 Å². The zero-order valence-corrected chi connectivity index (χ0v) is 7.38. The minimum absolute atomic E-state index is 0.432. The van der Waals surface area contributed by atoms with Gasteiger partial charge in [-0.2, -0.15) is 0 Å². The fourth-order valence-corrected chi connectivity index (χ4v) is 2.19. The molecule has 2 aliphatic heterocycles. The van der Waals surface area contributed by atoms with Gasteiger partial charge in [-0.1, -0.05) is 0 Å². The van der Waals surface area contributed by atoms with Gasteiger partial charge in [-0.05, 0) is 31.7 Å². The molecule has 2 unspecified atom stereocenters. The third-order valence-electron chi connectivity index (χ3n) is 2.91. The quantitative estimate of drug-likeness (QED) is 0.621. The smallest absolute Gasteiger partial charge is 0.0787 e. The molecule has 0 aromatic heterocycles. The second kappa shape index (κ2) is 3.32. The fourth-order valence-electron chi connectivity index (χ4n) is 2.19. The van der Waals surface area contributed by atoms with E-state index in [4.69, 9.17) is 4.74 Å². The lowest BCUT2D eigenvalue weighted by Crippen LogP contribution is -2.33. The maximum Gasteiger partial charge on any atom is 0.0787 e. The first-order valence-electron chi connectivity index (χ1n) is 4.79. The zero-order valence-electron chi connectivity index (χ0n) is 7.38. The van der Waals surface area contributed by atoms with E-state index in [1.165, 1.54) is 0 Å². The van der Waals surface area contributed by atoms with Gasteiger partial charge in [0.15, 0.2) is 0 Å².